The molecule has 1 aromatic rings. The Morgan fingerprint density at radius 1 is 1.41 bits per heavy atom. The molecule has 2 rings (SSSR count). The normalized spacial score (nSPS) is 21.6. The minimum absolute atomic E-state index is 0.271. The molecule has 1 unspecified atom stereocenters. The van der Waals surface area contributed by atoms with Crippen LogP contribution < -0.4 is 0 Å². The monoisotopic (exact) mass is 256 g/mol. The van der Waals surface area contributed by atoms with Gasteiger partial charge in [-0.05, 0) is 12.8 Å². The maximum atomic E-state index is 11.8. The lowest BCUT2D eigenvalue weighted by molar-refractivity contribution is 0.276. The van der Waals surface area contributed by atoms with Crippen LogP contribution in [0.1, 0.15) is 57.7 Å². The second kappa shape index (κ2) is 4.90. The summed E-state index contributed by atoms with van der Waals surface area (Å²) in [5.74, 6) is 1.18. The number of hydrogen-bond acceptors (Lipinski definition) is 2. The summed E-state index contributed by atoms with van der Waals surface area (Å²) >= 11 is -1.84. The summed E-state index contributed by atoms with van der Waals surface area (Å²) in [6.45, 7) is 4.13. The standard InChI is InChI=1S/C12H20N2O2S/c1-10(2)11-13-8-9-14(11)12(17(15)16)6-4-3-5-7-12/h8-10H,3-7H2,1-2H3,(H,15,16). The van der Waals surface area contributed by atoms with Crippen LogP contribution in [0.2, 0.25) is 0 Å². The highest BCUT2D eigenvalue weighted by Gasteiger charge is 2.41. The Labute approximate surface area is 105 Å². The SMILES string of the molecule is CC(C)c1nccn1C1(S(=O)O)CCCCC1. The molecule has 5 heteroatoms. The van der Waals surface area contributed by atoms with Gasteiger partial charge in [0.05, 0.1) is 0 Å². The Kier molecular flexibility index (Phi) is 3.68. The van der Waals surface area contributed by atoms with Crippen molar-refractivity contribution in [3.05, 3.63) is 18.2 Å². The van der Waals surface area contributed by atoms with E-state index in [4.69, 9.17) is 0 Å². The molecule has 1 N–H and O–H groups in total. The van der Waals surface area contributed by atoms with Crippen molar-refractivity contribution in [3.63, 3.8) is 0 Å². The number of aromatic nitrogens is 2. The fourth-order valence-corrected chi connectivity index (χ4v) is 3.65. The fourth-order valence-electron chi connectivity index (χ4n) is 2.69. The van der Waals surface area contributed by atoms with Gasteiger partial charge in [-0.25, -0.2) is 9.19 Å². The van der Waals surface area contributed by atoms with Gasteiger partial charge in [-0.15, -0.1) is 0 Å². The minimum Gasteiger partial charge on any atom is -0.315 e. The third-order valence-corrected chi connectivity index (χ3v) is 4.84. The van der Waals surface area contributed by atoms with E-state index in [1.54, 1.807) is 6.20 Å². The van der Waals surface area contributed by atoms with Crippen LogP contribution in [-0.2, 0) is 16.0 Å². The molecule has 0 spiro atoms. The molecule has 1 aliphatic rings. The van der Waals surface area contributed by atoms with Crippen LogP contribution in [-0.4, -0.2) is 18.3 Å². The molecule has 0 radical (unpaired) electrons. The van der Waals surface area contributed by atoms with Gasteiger partial charge in [-0.3, -0.25) is 0 Å². The molecule has 1 aromatic heterocycles. The molecule has 1 saturated carbocycles. The van der Waals surface area contributed by atoms with Crippen molar-refractivity contribution in [2.45, 2.75) is 56.7 Å². The van der Waals surface area contributed by atoms with Gasteiger partial charge in [0.1, 0.15) is 10.7 Å². The Morgan fingerprint density at radius 3 is 2.59 bits per heavy atom. The highest BCUT2D eigenvalue weighted by Crippen LogP contribution is 2.39. The number of imidazole rings is 1. The van der Waals surface area contributed by atoms with Crippen LogP contribution >= 0.6 is 0 Å². The second-order valence-electron chi connectivity index (χ2n) is 5.07. The van der Waals surface area contributed by atoms with E-state index in [0.29, 0.717) is 0 Å². The van der Waals surface area contributed by atoms with Gasteiger partial charge in [-0.2, -0.15) is 0 Å². The van der Waals surface area contributed by atoms with E-state index < -0.39 is 16.0 Å². The molecule has 1 atom stereocenters. The molecule has 0 saturated heterocycles. The summed E-state index contributed by atoms with van der Waals surface area (Å²) in [5.41, 5.74) is 0. The van der Waals surface area contributed by atoms with Gasteiger partial charge in [0.2, 0.25) is 0 Å². The number of hydrogen-bond donors (Lipinski definition) is 1. The molecular weight excluding hydrogens is 236 g/mol. The molecule has 0 amide bonds. The van der Waals surface area contributed by atoms with Gasteiger partial charge in [0.15, 0.2) is 11.1 Å². The van der Waals surface area contributed by atoms with Gasteiger partial charge >= 0.3 is 0 Å². The fraction of sp³-hybridized carbons (Fsp3) is 0.750. The Bertz CT molecular complexity index is 408. The predicted octanol–water partition coefficient (Wildman–Crippen LogP) is 2.85. The van der Waals surface area contributed by atoms with E-state index in [-0.39, 0.29) is 5.92 Å². The third kappa shape index (κ3) is 2.18. The van der Waals surface area contributed by atoms with Gasteiger partial charge in [0, 0.05) is 18.3 Å². The first-order valence-corrected chi connectivity index (χ1v) is 7.33. The number of nitrogens with zero attached hydrogens (tertiary/aromatic N) is 2. The lowest BCUT2D eigenvalue weighted by atomic mass is 9.94. The van der Waals surface area contributed by atoms with Crippen LogP contribution in [0, 0.1) is 0 Å². The van der Waals surface area contributed by atoms with Crippen molar-refractivity contribution in [1.29, 1.82) is 0 Å². The van der Waals surface area contributed by atoms with Gasteiger partial charge in [-0.1, -0.05) is 33.1 Å². The molecule has 0 aliphatic heterocycles. The van der Waals surface area contributed by atoms with Crippen molar-refractivity contribution in [1.82, 2.24) is 9.55 Å². The molecule has 17 heavy (non-hydrogen) atoms. The van der Waals surface area contributed by atoms with Crippen molar-refractivity contribution in [2.75, 3.05) is 0 Å². The highest BCUT2D eigenvalue weighted by atomic mass is 32.2. The summed E-state index contributed by atoms with van der Waals surface area (Å²) in [5, 5.41) is 0. The largest absolute Gasteiger partial charge is 0.315 e. The van der Waals surface area contributed by atoms with Crippen molar-refractivity contribution >= 4 is 11.1 Å². The van der Waals surface area contributed by atoms with E-state index >= 15 is 0 Å². The maximum absolute atomic E-state index is 11.8. The molecular formula is C12H20N2O2S. The van der Waals surface area contributed by atoms with Crippen molar-refractivity contribution in [2.24, 2.45) is 0 Å². The molecule has 1 fully saturated rings. The average molecular weight is 256 g/mol. The van der Waals surface area contributed by atoms with Gasteiger partial charge < -0.3 is 9.12 Å². The van der Waals surface area contributed by atoms with Crippen LogP contribution in [0.25, 0.3) is 0 Å². The first-order valence-electron chi connectivity index (χ1n) is 6.22. The van der Waals surface area contributed by atoms with Crippen molar-refractivity contribution < 1.29 is 8.76 Å². The smallest absolute Gasteiger partial charge is 0.179 e. The summed E-state index contributed by atoms with van der Waals surface area (Å²) in [6, 6.07) is 0. The third-order valence-electron chi connectivity index (χ3n) is 3.58. The molecule has 1 heterocycles. The zero-order chi connectivity index (χ0) is 12.5. The zero-order valence-electron chi connectivity index (χ0n) is 10.4. The maximum Gasteiger partial charge on any atom is 0.179 e. The van der Waals surface area contributed by atoms with E-state index in [2.05, 4.69) is 18.8 Å². The Morgan fingerprint density at radius 2 is 2.06 bits per heavy atom. The Balaban J connectivity index is 2.45. The van der Waals surface area contributed by atoms with Crippen LogP contribution in [0.3, 0.4) is 0 Å². The lowest BCUT2D eigenvalue weighted by Crippen LogP contribution is -2.40. The molecule has 1 aliphatic carbocycles. The average Bonchev–Trinajstić information content (AvgIpc) is 2.79. The van der Waals surface area contributed by atoms with Crippen molar-refractivity contribution in [3.8, 4) is 0 Å². The Hall–Kier alpha value is -0.680. The first-order chi connectivity index (χ1) is 8.08. The summed E-state index contributed by atoms with van der Waals surface area (Å²) in [6.07, 6.45) is 8.32. The van der Waals surface area contributed by atoms with Crippen LogP contribution in [0.5, 0.6) is 0 Å². The van der Waals surface area contributed by atoms with E-state index in [9.17, 15) is 8.76 Å². The van der Waals surface area contributed by atoms with E-state index in [1.165, 1.54) is 0 Å². The van der Waals surface area contributed by atoms with E-state index in [1.807, 2.05) is 10.8 Å². The lowest BCUT2D eigenvalue weighted by Gasteiger charge is -2.36. The minimum atomic E-state index is -1.84. The van der Waals surface area contributed by atoms with Crippen LogP contribution in [0.4, 0.5) is 0 Å². The molecule has 4 nitrogen and oxygen atoms in total. The molecule has 0 bridgehead atoms. The van der Waals surface area contributed by atoms with Gasteiger partial charge in [0.25, 0.3) is 0 Å². The molecule has 96 valence electrons. The zero-order valence-corrected chi connectivity index (χ0v) is 11.2. The quantitative estimate of drug-likeness (QED) is 0.846. The molecule has 0 aromatic carbocycles. The summed E-state index contributed by atoms with van der Waals surface area (Å²) in [4.78, 5) is 3.69. The predicted molar refractivity (Wildman–Crippen MR) is 68.1 cm³/mol. The number of rotatable bonds is 3. The highest BCUT2D eigenvalue weighted by molar-refractivity contribution is 7.80. The van der Waals surface area contributed by atoms with E-state index in [0.717, 1.165) is 37.9 Å². The summed E-state index contributed by atoms with van der Waals surface area (Å²) in [7, 11) is 0. The van der Waals surface area contributed by atoms with Crippen LogP contribution in [0.15, 0.2) is 12.4 Å². The second-order valence-corrected chi connectivity index (χ2v) is 6.32. The summed E-state index contributed by atoms with van der Waals surface area (Å²) < 4.78 is 23.5. The first kappa shape index (κ1) is 12.8. The topological polar surface area (TPSA) is 55.1 Å².